The van der Waals surface area contributed by atoms with Crippen molar-refractivity contribution in [3.8, 4) is 0 Å². The lowest BCUT2D eigenvalue weighted by Gasteiger charge is -2.15. The summed E-state index contributed by atoms with van der Waals surface area (Å²) in [6.45, 7) is 4.10. The molecule has 5 nitrogen and oxygen atoms in total. The lowest BCUT2D eigenvalue weighted by atomic mass is 10.0. The number of carbonyl (C=O) groups is 2. The van der Waals surface area contributed by atoms with E-state index in [0.29, 0.717) is 12.8 Å². The molecule has 5 heteroatoms. The van der Waals surface area contributed by atoms with Crippen molar-refractivity contribution in [2.45, 2.75) is 238 Å². The molecule has 0 aromatic carbocycles. The number of unbranched alkanes of at least 4 members (excludes halogenated alkanes) is 28. The highest BCUT2D eigenvalue weighted by Crippen LogP contribution is 2.16. The maximum Gasteiger partial charge on any atom is 0.306 e. The Morgan fingerprint density at radius 1 is 0.460 bits per heavy atom. The van der Waals surface area contributed by atoms with Crippen LogP contribution in [-0.2, 0) is 19.1 Å². The van der Waals surface area contributed by atoms with Crippen LogP contribution in [0.25, 0.3) is 0 Å². The van der Waals surface area contributed by atoms with E-state index in [0.717, 1.165) is 32.1 Å². The van der Waals surface area contributed by atoms with Gasteiger partial charge in [0.25, 0.3) is 0 Å². The molecule has 0 aliphatic rings. The molecule has 0 radical (unpaired) electrons. The third-order valence-electron chi connectivity index (χ3n) is 9.76. The molecule has 0 fully saturated rings. The van der Waals surface area contributed by atoms with Gasteiger partial charge < -0.3 is 14.6 Å². The summed E-state index contributed by atoms with van der Waals surface area (Å²) in [4.78, 5) is 24.2. The highest BCUT2D eigenvalue weighted by Gasteiger charge is 2.15. The fourth-order valence-corrected chi connectivity index (χ4v) is 6.43. The SMILES string of the molecule is CCCCCCCC/C=C/C/C=C/CCC(=O)OCC(CO)OC(=O)CCCCCCCCCCCCCCCCCCCCCCCCC. The number of esters is 2. The molecule has 0 aliphatic carbocycles. The minimum absolute atomic E-state index is 0.0919. The van der Waals surface area contributed by atoms with Crippen molar-refractivity contribution < 1.29 is 24.2 Å². The van der Waals surface area contributed by atoms with Gasteiger partial charge in [-0.2, -0.15) is 0 Å². The highest BCUT2D eigenvalue weighted by atomic mass is 16.6. The van der Waals surface area contributed by atoms with E-state index < -0.39 is 6.10 Å². The van der Waals surface area contributed by atoms with Crippen LogP contribution in [0, 0.1) is 0 Å². The molecule has 1 N–H and O–H groups in total. The van der Waals surface area contributed by atoms with E-state index in [9.17, 15) is 14.7 Å². The lowest BCUT2D eigenvalue weighted by molar-refractivity contribution is -0.161. The van der Waals surface area contributed by atoms with Gasteiger partial charge in [-0.05, 0) is 32.1 Å². The first kappa shape index (κ1) is 48.4. The van der Waals surface area contributed by atoms with Gasteiger partial charge in [0.2, 0.25) is 0 Å². The number of ether oxygens (including phenoxy) is 2. The Kier molecular flexibility index (Phi) is 40.4. The van der Waals surface area contributed by atoms with Crippen LogP contribution >= 0.6 is 0 Å². The Hall–Kier alpha value is -1.62. The van der Waals surface area contributed by atoms with Crippen molar-refractivity contribution in [2.75, 3.05) is 13.2 Å². The predicted octanol–water partition coefficient (Wildman–Crippen LogP) is 13.8. The lowest BCUT2D eigenvalue weighted by Crippen LogP contribution is -2.28. The van der Waals surface area contributed by atoms with Crippen molar-refractivity contribution in [3.05, 3.63) is 24.3 Å². The maximum absolute atomic E-state index is 12.2. The maximum atomic E-state index is 12.2. The number of hydrogen-bond acceptors (Lipinski definition) is 5. The third kappa shape index (κ3) is 39.2. The Labute approximate surface area is 311 Å². The zero-order valence-corrected chi connectivity index (χ0v) is 33.4. The smallest absolute Gasteiger partial charge is 0.306 e. The van der Waals surface area contributed by atoms with Gasteiger partial charge in [-0.3, -0.25) is 9.59 Å². The summed E-state index contributed by atoms with van der Waals surface area (Å²) in [5, 5.41) is 9.56. The van der Waals surface area contributed by atoms with Crippen LogP contribution < -0.4 is 0 Å². The highest BCUT2D eigenvalue weighted by molar-refractivity contribution is 5.70. The third-order valence-corrected chi connectivity index (χ3v) is 9.76. The summed E-state index contributed by atoms with van der Waals surface area (Å²) in [6.07, 6.45) is 49.9. The second-order valence-electron chi connectivity index (χ2n) is 14.8. The quantitative estimate of drug-likeness (QED) is 0.0390. The molecule has 0 saturated carbocycles. The molecule has 0 amide bonds. The van der Waals surface area contributed by atoms with Crippen molar-refractivity contribution in [1.29, 1.82) is 0 Å². The van der Waals surface area contributed by atoms with Crippen LogP contribution in [0.5, 0.6) is 0 Å². The Morgan fingerprint density at radius 2 is 0.840 bits per heavy atom. The molecule has 0 bridgehead atoms. The normalized spacial score (nSPS) is 12.3. The topological polar surface area (TPSA) is 72.8 Å². The van der Waals surface area contributed by atoms with E-state index >= 15 is 0 Å². The number of carbonyl (C=O) groups excluding carboxylic acids is 2. The number of rotatable bonds is 40. The van der Waals surface area contributed by atoms with Crippen molar-refractivity contribution >= 4 is 11.9 Å². The summed E-state index contributed by atoms with van der Waals surface area (Å²) in [5.74, 6) is -0.659. The minimum atomic E-state index is -0.789. The summed E-state index contributed by atoms with van der Waals surface area (Å²) in [5.41, 5.74) is 0. The first-order valence-electron chi connectivity index (χ1n) is 21.9. The molecule has 0 aromatic rings. The van der Waals surface area contributed by atoms with Crippen molar-refractivity contribution in [3.63, 3.8) is 0 Å². The molecule has 0 aromatic heterocycles. The standard InChI is InChI=1S/C45H84O5/c1-3-5-7-9-11-13-15-17-18-19-20-21-22-23-24-25-26-28-30-32-34-36-38-40-45(48)50-43(41-46)42-49-44(47)39-37-35-33-31-29-27-16-14-12-10-8-6-4-2/h27,29,33,35,43,46H,3-26,28,30-32,34,36-42H2,1-2H3/b29-27+,35-33+. The summed E-state index contributed by atoms with van der Waals surface area (Å²) in [6, 6.07) is 0. The van der Waals surface area contributed by atoms with Gasteiger partial charge in [-0.25, -0.2) is 0 Å². The second kappa shape index (κ2) is 41.8. The van der Waals surface area contributed by atoms with Crippen molar-refractivity contribution in [1.82, 2.24) is 0 Å². The Balaban J connectivity index is 3.50. The van der Waals surface area contributed by atoms with Crippen LogP contribution in [0.3, 0.4) is 0 Å². The van der Waals surface area contributed by atoms with Gasteiger partial charge in [0.15, 0.2) is 6.10 Å². The molecular formula is C45H84O5. The van der Waals surface area contributed by atoms with Gasteiger partial charge >= 0.3 is 11.9 Å². The van der Waals surface area contributed by atoms with Gasteiger partial charge in [-0.1, -0.05) is 212 Å². The van der Waals surface area contributed by atoms with E-state index in [-0.39, 0.29) is 31.6 Å². The molecule has 0 rings (SSSR count). The summed E-state index contributed by atoms with van der Waals surface area (Å²) >= 11 is 0. The van der Waals surface area contributed by atoms with Gasteiger partial charge in [0.1, 0.15) is 6.61 Å². The molecule has 1 atom stereocenters. The summed E-state index contributed by atoms with van der Waals surface area (Å²) < 4.78 is 10.6. The summed E-state index contributed by atoms with van der Waals surface area (Å²) in [7, 11) is 0. The fourth-order valence-electron chi connectivity index (χ4n) is 6.43. The largest absolute Gasteiger partial charge is 0.462 e. The van der Waals surface area contributed by atoms with E-state index in [1.165, 1.54) is 167 Å². The number of aliphatic hydroxyl groups excluding tert-OH is 1. The molecule has 50 heavy (non-hydrogen) atoms. The molecule has 0 spiro atoms. The first-order chi connectivity index (χ1) is 24.6. The zero-order valence-electron chi connectivity index (χ0n) is 33.4. The van der Waals surface area contributed by atoms with Crippen molar-refractivity contribution in [2.24, 2.45) is 0 Å². The number of allylic oxidation sites excluding steroid dienone is 4. The zero-order chi connectivity index (χ0) is 36.4. The van der Waals surface area contributed by atoms with Gasteiger partial charge in [0.05, 0.1) is 6.61 Å². The monoisotopic (exact) mass is 705 g/mol. The van der Waals surface area contributed by atoms with Crippen LogP contribution in [0.2, 0.25) is 0 Å². The molecule has 294 valence electrons. The molecule has 0 aliphatic heterocycles. The van der Waals surface area contributed by atoms with E-state index in [2.05, 4.69) is 32.1 Å². The van der Waals surface area contributed by atoms with Crippen LogP contribution in [0.4, 0.5) is 0 Å². The molecular weight excluding hydrogens is 620 g/mol. The van der Waals surface area contributed by atoms with E-state index in [4.69, 9.17) is 9.47 Å². The van der Waals surface area contributed by atoms with Crippen LogP contribution in [0.15, 0.2) is 24.3 Å². The minimum Gasteiger partial charge on any atom is -0.462 e. The molecule has 0 saturated heterocycles. The first-order valence-corrected chi connectivity index (χ1v) is 21.9. The predicted molar refractivity (Wildman–Crippen MR) is 215 cm³/mol. The van der Waals surface area contributed by atoms with Crippen LogP contribution in [0.1, 0.15) is 232 Å². The van der Waals surface area contributed by atoms with Gasteiger partial charge in [0, 0.05) is 12.8 Å². The Morgan fingerprint density at radius 3 is 1.26 bits per heavy atom. The number of hydrogen-bond donors (Lipinski definition) is 1. The second-order valence-corrected chi connectivity index (χ2v) is 14.8. The molecule has 0 heterocycles. The van der Waals surface area contributed by atoms with E-state index in [1.54, 1.807) is 0 Å². The molecule has 1 unspecified atom stereocenters. The average molecular weight is 705 g/mol. The van der Waals surface area contributed by atoms with Gasteiger partial charge in [-0.15, -0.1) is 0 Å². The van der Waals surface area contributed by atoms with E-state index in [1.807, 2.05) is 6.08 Å². The average Bonchev–Trinajstić information content (AvgIpc) is 3.12. The number of aliphatic hydroxyl groups is 1. The van der Waals surface area contributed by atoms with Crippen LogP contribution in [-0.4, -0.2) is 36.4 Å². The Bertz CT molecular complexity index is 761. The fraction of sp³-hybridized carbons (Fsp3) is 0.867.